The lowest BCUT2D eigenvalue weighted by atomic mass is 10.2. The van der Waals surface area contributed by atoms with Crippen LogP contribution in [0.3, 0.4) is 0 Å². The van der Waals surface area contributed by atoms with E-state index in [9.17, 15) is 13.2 Å². The maximum Gasteiger partial charge on any atom is 0.264 e. The number of amides is 1. The third-order valence-electron chi connectivity index (χ3n) is 3.99. The maximum absolute atomic E-state index is 12.9. The first-order valence-electron chi connectivity index (χ1n) is 8.17. The molecule has 8 heteroatoms. The summed E-state index contributed by atoms with van der Waals surface area (Å²) in [6, 6.07) is 13.2. The molecular weight excluding hydrogens is 382 g/mol. The molecule has 3 aromatic rings. The van der Waals surface area contributed by atoms with Gasteiger partial charge in [0.15, 0.2) is 5.13 Å². The summed E-state index contributed by atoms with van der Waals surface area (Å²) in [5, 5.41) is 3.16. The van der Waals surface area contributed by atoms with Gasteiger partial charge < -0.3 is 0 Å². The average molecular weight is 402 g/mol. The van der Waals surface area contributed by atoms with Gasteiger partial charge in [0, 0.05) is 23.7 Å². The van der Waals surface area contributed by atoms with Crippen molar-refractivity contribution < 1.29 is 13.2 Å². The predicted molar refractivity (Wildman–Crippen MR) is 108 cm³/mol. The number of hydrogen-bond donors (Lipinski definition) is 1. The van der Waals surface area contributed by atoms with Crippen LogP contribution in [-0.2, 0) is 10.0 Å². The molecule has 0 aliphatic heterocycles. The summed E-state index contributed by atoms with van der Waals surface area (Å²) < 4.78 is 27.1. The van der Waals surface area contributed by atoms with E-state index in [1.807, 2.05) is 26.0 Å². The Bertz CT molecular complexity index is 1070. The van der Waals surface area contributed by atoms with Crippen LogP contribution in [0.15, 0.2) is 59.6 Å². The third kappa shape index (κ3) is 4.17. The molecule has 2 aromatic carbocycles. The van der Waals surface area contributed by atoms with Gasteiger partial charge in [-0.05, 0) is 44.2 Å². The Balaban J connectivity index is 1.87. The van der Waals surface area contributed by atoms with Gasteiger partial charge in [0.1, 0.15) is 0 Å². The zero-order chi connectivity index (χ0) is 19.6. The smallest absolute Gasteiger partial charge is 0.264 e. The summed E-state index contributed by atoms with van der Waals surface area (Å²) >= 11 is 1.35. The van der Waals surface area contributed by atoms with E-state index >= 15 is 0 Å². The summed E-state index contributed by atoms with van der Waals surface area (Å²) in [4.78, 5) is 17.5. The number of benzene rings is 2. The van der Waals surface area contributed by atoms with Crippen molar-refractivity contribution in [3.8, 4) is 0 Å². The molecule has 0 bridgehead atoms. The lowest BCUT2D eigenvalue weighted by Crippen LogP contribution is -2.26. The normalized spacial score (nSPS) is 11.2. The number of anilines is 2. The first-order valence-corrected chi connectivity index (χ1v) is 10.4. The molecule has 1 N–H and O–H groups in total. The monoisotopic (exact) mass is 401 g/mol. The van der Waals surface area contributed by atoms with Crippen molar-refractivity contribution in [2.24, 2.45) is 0 Å². The zero-order valence-electron chi connectivity index (χ0n) is 15.1. The summed E-state index contributed by atoms with van der Waals surface area (Å²) in [6.07, 6.45) is 1.66. The molecule has 0 fully saturated rings. The largest absolute Gasteiger partial charge is 0.298 e. The van der Waals surface area contributed by atoms with E-state index in [0.29, 0.717) is 10.8 Å². The van der Waals surface area contributed by atoms with Gasteiger partial charge >= 0.3 is 0 Å². The average Bonchev–Trinajstić information content (AvgIpc) is 3.06. The van der Waals surface area contributed by atoms with E-state index in [4.69, 9.17) is 0 Å². The highest BCUT2D eigenvalue weighted by atomic mass is 32.2. The summed E-state index contributed by atoms with van der Waals surface area (Å²) in [7, 11) is -2.30. The molecule has 6 nitrogen and oxygen atoms in total. The number of nitrogens with zero attached hydrogens (tertiary/aromatic N) is 2. The lowest BCUT2D eigenvalue weighted by Gasteiger charge is -2.20. The van der Waals surface area contributed by atoms with E-state index in [1.165, 1.54) is 34.8 Å². The minimum atomic E-state index is -3.79. The minimum Gasteiger partial charge on any atom is -0.298 e. The molecule has 1 heterocycles. The summed E-state index contributed by atoms with van der Waals surface area (Å²) in [6.45, 7) is 3.83. The molecule has 0 atom stereocenters. The molecule has 0 unspecified atom stereocenters. The first-order chi connectivity index (χ1) is 12.8. The van der Waals surface area contributed by atoms with Crippen LogP contribution in [-0.4, -0.2) is 26.4 Å². The van der Waals surface area contributed by atoms with E-state index < -0.39 is 15.9 Å². The summed E-state index contributed by atoms with van der Waals surface area (Å²) in [5.74, 6) is -0.403. The van der Waals surface area contributed by atoms with Crippen LogP contribution in [0.4, 0.5) is 10.8 Å². The van der Waals surface area contributed by atoms with Gasteiger partial charge in [-0.1, -0.05) is 23.8 Å². The molecule has 1 aromatic heterocycles. The molecule has 0 radical (unpaired) electrons. The van der Waals surface area contributed by atoms with Gasteiger partial charge in [0.05, 0.1) is 10.6 Å². The second kappa shape index (κ2) is 7.50. The Kier molecular flexibility index (Phi) is 5.29. The molecule has 1 amide bonds. The Hall–Kier alpha value is -2.71. The van der Waals surface area contributed by atoms with Crippen LogP contribution in [0.1, 0.15) is 20.8 Å². The highest BCUT2D eigenvalue weighted by molar-refractivity contribution is 7.92. The Morgan fingerprint density at radius 2 is 1.81 bits per heavy atom. The number of sulfonamides is 1. The number of aromatic nitrogens is 1. The zero-order valence-corrected chi connectivity index (χ0v) is 16.8. The Morgan fingerprint density at radius 1 is 1.11 bits per heavy atom. The summed E-state index contributed by atoms with van der Waals surface area (Å²) in [5.41, 5.74) is 1.84. The quantitative estimate of drug-likeness (QED) is 0.704. The van der Waals surface area contributed by atoms with Crippen LogP contribution in [0.25, 0.3) is 0 Å². The number of thiazole rings is 1. The fourth-order valence-corrected chi connectivity index (χ4v) is 4.33. The molecule has 0 spiro atoms. The van der Waals surface area contributed by atoms with Crippen molar-refractivity contribution >= 4 is 38.1 Å². The van der Waals surface area contributed by atoms with Crippen LogP contribution in [0.2, 0.25) is 0 Å². The van der Waals surface area contributed by atoms with Crippen molar-refractivity contribution in [1.29, 1.82) is 0 Å². The molecule has 0 saturated carbocycles. The van der Waals surface area contributed by atoms with Crippen LogP contribution >= 0.6 is 11.3 Å². The van der Waals surface area contributed by atoms with Crippen LogP contribution in [0.5, 0.6) is 0 Å². The second-order valence-corrected chi connectivity index (χ2v) is 9.27. The third-order valence-corrected chi connectivity index (χ3v) is 6.60. The van der Waals surface area contributed by atoms with Gasteiger partial charge in [-0.25, -0.2) is 13.4 Å². The van der Waals surface area contributed by atoms with Crippen molar-refractivity contribution in [2.75, 3.05) is 16.7 Å². The number of aryl methyl sites for hydroxylation is 2. The molecule has 0 aliphatic carbocycles. The number of carbonyl (C=O) groups is 1. The Labute approximate surface area is 162 Å². The van der Waals surface area contributed by atoms with Gasteiger partial charge in [-0.15, -0.1) is 11.3 Å². The van der Waals surface area contributed by atoms with Gasteiger partial charge in [0.25, 0.3) is 15.9 Å². The van der Waals surface area contributed by atoms with E-state index in [1.54, 1.807) is 30.5 Å². The first kappa shape index (κ1) is 19.1. The fraction of sp³-hybridized carbons (Fsp3) is 0.158. The van der Waals surface area contributed by atoms with E-state index in [-0.39, 0.29) is 10.5 Å². The fourth-order valence-electron chi connectivity index (χ4n) is 2.43. The molecular formula is C19H19N3O3S2. The molecule has 3 rings (SSSR count). The van der Waals surface area contributed by atoms with Crippen molar-refractivity contribution in [2.45, 2.75) is 18.7 Å². The predicted octanol–water partition coefficient (Wildman–Crippen LogP) is 3.84. The highest BCUT2D eigenvalue weighted by Gasteiger charge is 2.22. The SMILES string of the molecule is Cc1ccc(N(C)S(=O)(=O)c2cccc(C(=O)Nc3ncc(C)s3)c2)cc1. The molecule has 140 valence electrons. The number of hydrogen-bond acceptors (Lipinski definition) is 5. The maximum atomic E-state index is 12.9. The van der Waals surface area contributed by atoms with Gasteiger partial charge in [-0.3, -0.25) is 14.4 Å². The number of rotatable bonds is 5. The standard InChI is InChI=1S/C19H19N3O3S2/c1-13-7-9-16(10-8-13)22(3)27(24,25)17-6-4-5-15(11-17)18(23)21-19-20-12-14(2)26-19/h4-12H,1-3H3,(H,20,21,23). The minimum absolute atomic E-state index is 0.0496. The van der Waals surface area contributed by atoms with E-state index in [0.717, 1.165) is 10.4 Å². The Morgan fingerprint density at radius 3 is 2.44 bits per heavy atom. The molecule has 0 aliphatic rings. The molecule has 27 heavy (non-hydrogen) atoms. The van der Waals surface area contributed by atoms with Crippen LogP contribution in [0, 0.1) is 13.8 Å². The van der Waals surface area contributed by atoms with Crippen LogP contribution < -0.4 is 9.62 Å². The number of carbonyl (C=O) groups excluding carboxylic acids is 1. The van der Waals surface area contributed by atoms with Crippen molar-refractivity contribution in [1.82, 2.24) is 4.98 Å². The topological polar surface area (TPSA) is 79.4 Å². The van der Waals surface area contributed by atoms with Crippen molar-refractivity contribution in [3.05, 3.63) is 70.7 Å². The van der Waals surface area contributed by atoms with Gasteiger partial charge in [0.2, 0.25) is 0 Å². The van der Waals surface area contributed by atoms with E-state index in [2.05, 4.69) is 10.3 Å². The molecule has 0 saturated heterocycles. The van der Waals surface area contributed by atoms with Gasteiger partial charge in [-0.2, -0.15) is 0 Å². The lowest BCUT2D eigenvalue weighted by molar-refractivity contribution is 0.102. The second-order valence-electron chi connectivity index (χ2n) is 6.07. The number of nitrogens with one attached hydrogen (secondary N) is 1. The van der Waals surface area contributed by atoms with Crippen molar-refractivity contribution in [3.63, 3.8) is 0 Å². The highest BCUT2D eigenvalue weighted by Crippen LogP contribution is 2.24.